The van der Waals surface area contributed by atoms with Crippen molar-refractivity contribution in [3.8, 4) is 0 Å². The molecule has 0 radical (unpaired) electrons. The molecule has 74 valence electrons. The Bertz CT molecular complexity index is 246. The van der Waals surface area contributed by atoms with Gasteiger partial charge in [0.1, 0.15) is 5.82 Å². The lowest BCUT2D eigenvalue weighted by Gasteiger charge is -2.00. The van der Waals surface area contributed by atoms with E-state index in [4.69, 9.17) is 11.6 Å². The second kappa shape index (κ2) is 6.90. The first-order valence-electron chi connectivity index (χ1n) is 4.68. The van der Waals surface area contributed by atoms with E-state index in [2.05, 4.69) is 0 Å². The molecule has 0 atom stereocenters. The average molecular weight is 203 g/mol. The molecule has 1 aromatic carbocycles. The summed E-state index contributed by atoms with van der Waals surface area (Å²) >= 11 is 5.57. The lowest BCUT2D eigenvalue weighted by atomic mass is 10.1. The van der Waals surface area contributed by atoms with Crippen LogP contribution in [0.1, 0.15) is 32.8 Å². The monoisotopic (exact) mass is 202 g/mol. The molecule has 0 aliphatic rings. The third kappa shape index (κ3) is 3.77. The number of aryl methyl sites for hydroxylation is 1. The van der Waals surface area contributed by atoms with Gasteiger partial charge in [0, 0.05) is 0 Å². The third-order valence-electron chi connectivity index (χ3n) is 1.55. The molecule has 0 aliphatic carbocycles. The fraction of sp³-hybridized carbons (Fsp3) is 0.455. The maximum absolute atomic E-state index is 13.1. The summed E-state index contributed by atoms with van der Waals surface area (Å²) in [4.78, 5) is 0. The molecule has 0 nitrogen and oxygen atoms in total. The summed E-state index contributed by atoms with van der Waals surface area (Å²) in [5.74, 6) is -0.268. The summed E-state index contributed by atoms with van der Waals surface area (Å²) in [5, 5.41) is 0.218. The zero-order valence-electron chi connectivity index (χ0n) is 8.40. The molecule has 0 aromatic heterocycles. The fourth-order valence-electron chi connectivity index (χ4n) is 1.01. The number of benzene rings is 1. The van der Waals surface area contributed by atoms with Crippen LogP contribution in [0.5, 0.6) is 0 Å². The van der Waals surface area contributed by atoms with E-state index < -0.39 is 0 Å². The second-order valence-corrected chi connectivity index (χ2v) is 2.87. The van der Waals surface area contributed by atoms with Gasteiger partial charge in [-0.25, -0.2) is 4.39 Å². The molecule has 0 heterocycles. The van der Waals surface area contributed by atoms with Gasteiger partial charge in [-0.3, -0.25) is 0 Å². The quantitative estimate of drug-likeness (QED) is 0.665. The normalized spacial score (nSPS) is 9.00. The van der Waals surface area contributed by atoms with Gasteiger partial charge in [-0.1, -0.05) is 50.9 Å². The molecule has 0 aliphatic heterocycles. The van der Waals surface area contributed by atoms with Crippen molar-refractivity contribution >= 4 is 11.6 Å². The van der Waals surface area contributed by atoms with Gasteiger partial charge in [-0.15, -0.1) is 0 Å². The van der Waals surface area contributed by atoms with E-state index in [0.717, 1.165) is 12.8 Å². The first-order chi connectivity index (χ1) is 6.25. The number of rotatable bonds is 2. The van der Waals surface area contributed by atoms with Crippen molar-refractivity contribution in [2.75, 3.05) is 0 Å². The molecule has 0 saturated heterocycles. The van der Waals surface area contributed by atoms with Crippen LogP contribution in [0.3, 0.4) is 0 Å². The summed E-state index contributed by atoms with van der Waals surface area (Å²) in [6.07, 6.45) is 1.70. The van der Waals surface area contributed by atoms with E-state index in [1.54, 1.807) is 18.2 Å². The molecule has 0 N–H and O–H groups in total. The standard InChI is InChI=1S/C9H10ClF.C2H6/c1-2-4-7-5-3-6-8(10)9(7)11;1-2/h3,5-6H,2,4H2,1H3;1-2H3. The molecule has 0 bridgehead atoms. The van der Waals surface area contributed by atoms with Gasteiger partial charge in [0.05, 0.1) is 5.02 Å². The molecule has 2 heteroatoms. The van der Waals surface area contributed by atoms with E-state index in [-0.39, 0.29) is 10.8 Å². The van der Waals surface area contributed by atoms with Crippen LogP contribution < -0.4 is 0 Å². The van der Waals surface area contributed by atoms with Crippen molar-refractivity contribution in [2.45, 2.75) is 33.6 Å². The third-order valence-corrected chi connectivity index (χ3v) is 1.84. The van der Waals surface area contributed by atoms with E-state index in [1.807, 2.05) is 20.8 Å². The molecular weight excluding hydrogens is 187 g/mol. The van der Waals surface area contributed by atoms with Crippen LogP contribution in [0.4, 0.5) is 4.39 Å². The first kappa shape index (κ1) is 12.4. The van der Waals surface area contributed by atoms with E-state index in [9.17, 15) is 4.39 Å². The van der Waals surface area contributed by atoms with Crippen molar-refractivity contribution in [3.05, 3.63) is 34.6 Å². The minimum Gasteiger partial charge on any atom is -0.205 e. The largest absolute Gasteiger partial charge is 0.205 e. The molecule has 0 saturated carbocycles. The van der Waals surface area contributed by atoms with Crippen LogP contribution in [-0.2, 0) is 6.42 Å². The van der Waals surface area contributed by atoms with Crippen LogP contribution in [0, 0.1) is 5.82 Å². The summed E-state index contributed by atoms with van der Waals surface area (Å²) in [7, 11) is 0. The molecule has 13 heavy (non-hydrogen) atoms. The van der Waals surface area contributed by atoms with Crippen LogP contribution in [0.2, 0.25) is 5.02 Å². The number of halogens is 2. The molecular formula is C11H16ClF. The van der Waals surface area contributed by atoms with Crippen LogP contribution in [0.25, 0.3) is 0 Å². The molecule has 0 amide bonds. The van der Waals surface area contributed by atoms with Gasteiger partial charge in [0.25, 0.3) is 0 Å². The van der Waals surface area contributed by atoms with Gasteiger partial charge in [0.15, 0.2) is 0 Å². The Hall–Kier alpha value is -0.560. The van der Waals surface area contributed by atoms with Crippen LogP contribution in [0.15, 0.2) is 18.2 Å². The summed E-state index contributed by atoms with van der Waals surface area (Å²) in [6.45, 7) is 6.01. The van der Waals surface area contributed by atoms with Crippen molar-refractivity contribution in [1.29, 1.82) is 0 Å². The Balaban J connectivity index is 0.000000671. The van der Waals surface area contributed by atoms with E-state index in [1.165, 1.54) is 0 Å². The Labute approximate surface area is 84.7 Å². The highest BCUT2D eigenvalue weighted by Crippen LogP contribution is 2.18. The van der Waals surface area contributed by atoms with Gasteiger partial charge in [-0.05, 0) is 18.1 Å². The molecule has 1 aromatic rings. The topological polar surface area (TPSA) is 0 Å². The van der Waals surface area contributed by atoms with Crippen molar-refractivity contribution in [3.63, 3.8) is 0 Å². The smallest absolute Gasteiger partial charge is 0.144 e. The number of hydrogen-bond acceptors (Lipinski definition) is 0. The van der Waals surface area contributed by atoms with Gasteiger partial charge in [-0.2, -0.15) is 0 Å². The SMILES string of the molecule is CC.CCCc1cccc(Cl)c1F. The van der Waals surface area contributed by atoms with Crippen molar-refractivity contribution < 1.29 is 4.39 Å². The van der Waals surface area contributed by atoms with Gasteiger partial charge >= 0.3 is 0 Å². The zero-order chi connectivity index (χ0) is 10.3. The van der Waals surface area contributed by atoms with Gasteiger partial charge < -0.3 is 0 Å². The Morgan fingerprint density at radius 2 is 1.92 bits per heavy atom. The molecule has 1 rings (SSSR count). The minimum absolute atomic E-state index is 0.218. The first-order valence-corrected chi connectivity index (χ1v) is 5.06. The average Bonchev–Trinajstić information content (AvgIpc) is 2.17. The molecule has 0 spiro atoms. The zero-order valence-corrected chi connectivity index (χ0v) is 9.16. The highest BCUT2D eigenvalue weighted by atomic mass is 35.5. The molecule has 0 fully saturated rings. The van der Waals surface area contributed by atoms with Crippen molar-refractivity contribution in [1.82, 2.24) is 0 Å². The Kier molecular flexibility index (Phi) is 6.61. The lowest BCUT2D eigenvalue weighted by Crippen LogP contribution is -1.89. The summed E-state index contributed by atoms with van der Waals surface area (Å²) in [5.41, 5.74) is 0.708. The summed E-state index contributed by atoms with van der Waals surface area (Å²) in [6, 6.07) is 5.11. The second-order valence-electron chi connectivity index (χ2n) is 2.46. The predicted molar refractivity (Wildman–Crippen MR) is 56.8 cm³/mol. The van der Waals surface area contributed by atoms with E-state index in [0.29, 0.717) is 5.56 Å². The maximum atomic E-state index is 13.1. The Morgan fingerprint density at radius 1 is 1.31 bits per heavy atom. The van der Waals surface area contributed by atoms with Gasteiger partial charge in [0.2, 0.25) is 0 Å². The highest BCUT2D eigenvalue weighted by molar-refractivity contribution is 6.30. The minimum atomic E-state index is -0.268. The van der Waals surface area contributed by atoms with Crippen LogP contribution in [-0.4, -0.2) is 0 Å². The number of hydrogen-bond donors (Lipinski definition) is 0. The Morgan fingerprint density at radius 3 is 2.46 bits per heavy atom. The van der Waals surface area contributed by atoms with Crippen LogP contribution >= 0.6 is 11.6 Å². The predicted octanol–water partition coefficient (Wildman–Crippen LogP) is 4.46. The summed E-state index contributed by atoms with van der Waals surface area (Å²) < 4.78 is 13.1. The highest BCUT2D eigenvalue weighted by Gasteiger charge is 2.03. The fourth-order valence-corrected chi connectivity index (χ4v) is 1.20. The van der Waals surface area contributed by atoms with Crippen molar-refractivity contribution in [2.24, 2.45) is 0 Å². The van der Waals surface area contributed by atoms with E-state index >= 15 is 0 Å². The lowest BCUT2D eigenvalue weighted by molar-refractivity contribution is 0.608. The maximum Gasteiger partial charge on any atom is 0.144 e. The molecule has 0 unspecified atom stereocenters.